The lowest BCUT2D eigenvalue weighted by Crippen LogP contribution is -2.05. The van der Waals surface area contributed by atoms with Gasteiger partial charge in [-0.05, 0) is 18.2 Å². The molecule has 0 fully saturated rings. The second kappa shape index (κ2) is 4.44. The van der Waals surface area contributed by atoms with E-state index in [0.29, 0.717) is 16.8 Å². The molecule has 6 heteroatoms. The molecule has 1 aliphatic heterocycles. The largest absolute Gasteiger partial charge is 0.383 e. The summed E-state index contributed by atoms with van der Waals surface area (Å²) >= 11 is 5.92. The third-order valence-electron chi connectivity index (χ3n) is 2.80. The van der Waals surface area contributed by atoms with E-state index in [9.17, 15) is 0 Å². The number of halogens is 1. The molecule has 0 saturated carbocycles. The second-order valence-corrected chi connectivity index (χ2v) is 4.53. The maximum absolute atomic E-state index is 5.92. The molecule has 1 aromatic carbocycles. The standard InChI is InChI=1S/C12H12ClN5/c13-7-2-1-3-8(4-7)16-12-17-10-6-15-5-9(10)11(14)18-12/h1-4,15H,5-6H2,(H3,14,16,17,18). The normalized spacial score (nSPS) is 13.4. The number of fused-ring (bicyclic) bond motifs is 1. The first-order valence-corrected chi connectivity index (χ1v) is 5.99. The van der Waals surface area contributed by atoms with E-state index in [-0.39, 0.29) is 0 Å². The average Bonchev–Trinajstić information content (AvgIpc) is 2.77. The molecule has 92 valence electrons. The van der Waals surface area contributed by atoms with E-state index in [1.807, 2.05) is 24.3 Å². The van der Waals surface area contributed by atoms with Gasteiger partial charge in [-0.3, -0.25) is 0 Å². The number of anilines is 3. The zero-order chi connectivity index (χ0) is 12.5. The third-order valence-corrected chi connectivity index (χ3v) is 3.03. The molecule has 5 nitrogen and oxygen atoms in total. The molecule has 0 atom stereocenters. The Kier molecular flexibility index (Phi) is 2.77. The van der Waals surface area contributed by atoms with Crippen LogP contribution in [0.2, 0.25) is 5.02 Å². The summed E-state index contributed by atoms with van der Waals surface area (Å²) < 4.78 is 0. The van der Waals surface area contributed by atoms with Gasteiger partial charge in [-0.1, -0.05) is 17.7 Å². The Morgan fingerprint density at radius 2 is 2.17 bits per heavy atom. The van der Waals surface area contributed by atoms with Crippen LogP contribution in [0.25, 0.3) is 0 Å². The van der Waals surface area contributed by atoms with Crippen LogP contribution in [0.4, 0.5) is 17.5 Å². The van der Waals surface area contributed by atoms with Gasteiger partial charge in [-0.2, -0.15) is 4.98 Å². The number of rotatable bonds is 2. The van der Waals surface area contributed by atoms with Gasteiger partial charge in [-0.25, -0.2) is 4.98 Å². The molecule has 0 amide bonds. The highest BCUT2D eigenvalue weighted by atomic mass is 35.5. The number of benzene rings is 1. The zero-order valence-electron chi connectivity index (χ0n) is 9.57. The van der Waals surface area contributed by atoms with E-state index in [0.717, 1.165) is 30.0 Å². The predicted molar refractivity (Wildman–Crippen MR) is 71.7 cm³/mol. The van der Waals surface area contributed by atoms with E-state index >= 15 is 0 Å². The Balaban J connectivity index is 1.92. The first-order chi connectivity index (χ1) is 8.72. The number of nitrogens with zero attached hydrogens (tertiary/aromatic N) is 2. The molecule has 1 aromatic heterocycles. The van der Waals surface area contributed by atoms with E-state index in [4.69, 9.17) is 17.3 Å². The van der Waals surface area contributed by atoms with Crippen molar-refractivity contribution in [2.45, 2.75) is 13.1 Å². The molecule has 4 N–H and O–H groups in total. The molecule has 3 rings (SSSR count). The van der Waals surface area contributed by atoms with Crippen molar-refractivity contribution in [3.8, 4) is 0 Å². The summed E-state index contributed by atoms with van der Waals surface area (Å²) in [5.41, 5.74) is 8.68. The summed E-state index contributed by atoms with van der Waals surface area (Å²) in [6.45, 7) is 1.46. The summed E-state index contributed by atoms with van der Waals surface area (Å²) in [6.07, 6.45) is 0. The fourth-order valence-electron chi connectivity index (χ4n) is 1.95. The number of aromatic nitrogens is 2. The van der Waals surface area contributed by atoms with Crippen molar-refractivity contribution < 1.29 is 0 Å². The van der Waals surface area contributed by atoms with Gasteiger partial charge in [0, 0.05) is 29.4 Å². The van der Waals surface area contributed by atoms with Crippen LogP contribution in [0.15, 0.2) is 24.3 Å². The lowest BCUT2D eigenvalue weighted by atomic mass is 10.2. The van der Waals surface area contributed by atoms with Gasteiger partial charge >= 0.3 is 0 Å². The monoisotopic (exact) mass is 261 g/mol. The Morgan fingerprint density at radius 1 is 1.28 bits per heavy atom. The summed E-state index contributed by atoms with van der Waals surface area (Å²) in [5, 5.41) is 6.96. The van der Waals surface area contributed by atoms with Crippen LogP contribution in [0.5, 0.6) is 0 Å². The smallest absolute Gasteiger partial charge is 0.229 e. The fraction of sp³-hybridized carbons (Fsp3) is 0.167. The van der Waals surface area contributed by atoms with Crippen LogP contribution in [0.1, 0.15) is 11.3 Å². The molecule has 2 aromatic rings. The Bertz CT molecular complexity index is 599. The number of hydrogen-bond acceptors (Lipinski definition) is 5. The molecular formula is C12H12ClN5. The van der Waals surface area contributed by atoms with Gasteiger partial charge in [0.05, 0.1) is 5.69 Å². The second-order valence-electron chi connectivity index (χ2n) is 4.10. The Hall–Kier alpha value is -1.85. The molecule has 2 heterocycles. The highest BCUT2D eigenvalue weighted by Gasteiger charge is 2.17. The van der Waals surface area contributed by atoms with Crippen LogP contribution in [-0.4, -0.2) is 9.97 Å². The molecular weight excluding hydrogens is 250 g/mol. The molecule has 0 spiro atoms. The molecule has 0 bridgehead atoms. The highest BCUT2D eigenvalue weighted by Crippen LogP contribution is 2.23. The molecule has 0 unspecified atom stereocenters. The lowest BCUT2D eigenvalue weighted by molar-refractivity contribution is 0.758. The van der Waals surface area contributed by atoms with Crippen LogP contribution in [0, 0.1) is 0 Å². The van der Waals surface area contributed by atoms with E-state index < -0.39 is 0 Å². The first kappa shape index (κ1) is 11.3. The lowest BCUT2D eigenvalue weighted by Gasteiger charge is -2.08. The number of nitrogen functional groups attached to an aromatic ring is 1. The van der Waals surface area contributed by atoms with Gasteiger partial charge in [0.2, 0.25) is 5.95 Å². The van der Waals surface area contributed by atoms with Crippen LogP contribution in [0.3, 0.4) is 0 Å². The molecule has 0 radical (unpaired) electrons. The first-order valence-electron chi connectivity index (χ1n) is 5.61. The average molecular weight is 262 g/mol. The van der Waals surface area contributed by atoms with Crippen molar-refractivity contribution in [1.29, 1.82) is 0 Å². The number of nitrogens with two attached hydrogens (primary N) is 1. The maximum atomic E-state index is 5.92. The van der Waals surface area contributed by atoms with Gasteiger partial charge in [0.1, 0.15) is 5.82 Å². The zero-order valence-corrected chi connectivity index (χ0v) is 10.3. The Morgan fingerprint density at radius 3 is 3.00 bits per heavy atom. The minimum Gasteiger partial charge on any atom is -0.383 e. The van der Waals surface area contributed by atoms with Crippen molar-refractivity contribution in [2.24, 2.45) is 0 Å². The molecule has 1 aliphatic rings. The van der Waals surface area contributed by atoms with Gasteiger partial charge in [0.25, 0.3) is 0 Å². The maximum Gasteiger partial charge on any atom is 0.229 e. The van der Waals surface area contributed by atoms with Gasteiger partial charge < -0.3 is 16.4 Å². The number of hydrogen-bond donors (Lipinski definition) is 3. The fourth-order valence-corrected chi connectivity index (χ4v) is 2.14. The summed E-state index contributed by atoms with van der Waals surface area (Å²) in [6, 6.07) is 7.39. The minimum atomic E-state index is 0.497. The third kappa shape index (κ3) is 2.10. The van der Waals surface area contributed by atoms with E-state index in [2.05, 4.69) is 20.6 Å². The molecule has 0 saturated heterocycles. The minimum absolute atomic E-state index is 0.497. The van der Waals surface area contributed by atoms with Crippen molar-refractivity contribution in [3.63, 3.8) is 0 Å². The van der Waals surface area contributed by atoms with Gasteiger partial charge in [-0.15, -0.1) is 0 Å². The summed E-state index contributed by atoms with van der Waals surface area (Å²) in [4.78, 5) is 8.67. The molecule has 0 aliphatic carbocycles. The highest BCUT2D eigenvalue weighted by molar-refractivity contribution is 6.30. The van der Waals surface area contributed by atoms with Crippen LogP contribution < -0.4 is 16.4 Å². The summed E-state index contributed by atoms with van der Waals surface area (Å²) in [7, 11) is 0. The predicted octanol–water partition coefficient (Wildman–Crippen LogP) is 2.06. The topological polar surface area (TPSA) is 75.9 Å². The van der Waals surface area contributed by atoms with Crippen molar-refractivity contribution in [2.75, 3.05) is 11.1 Å². The van der Waals surface area contributed by atoms with E-state index in [1.54, 1.807) is 0 Å². The van der Waals surface area contributed by atoms with Gasteiger partial charge in [0.15, 0.2) is 0 Å². The van der Waals surface area contributed by atoms with Crippen molar-refractivity contribution in [3.05, 3.63) is 40.5 Å². The van der Waals surface area contributed by atoms with Crippen LogP contribution >= 0.6 is 11.6 Å². The van der Waals surface area contributed by atoms with E-state index in [1.165, 1.54) is 0 Å². The number of nitrogens with one attached hydrogen (secondary N) is 2. The SMILES string of the molecule is Nc1nc(Nc2cccc(Cl)c2)nc2c1CNC2. The van der Waals surface area contributed by atoms with Crippen molar-refractivity contribution in [1.82, 2.24) is 15.3 Å². The van der Waals surface area contributed by atoms with Crippen LogP contribution in [-0.2, 0) is 13.1 Å². The Labute approximate surface area is 109 Å². The van der Waals surface area contributed by atoms with Crippen molar-refractivity contribution >= 4 is 29.1 Å². The molecule has 18 heavy (non-hydrogen) atoms. The summed E-state index contributed by atoms with van der Waals surface area (Å²) in [5.74, 6) is 1.02. The quantitative estimate of drug-likeness (QED) is 0.772.